The number of carbonyl (C=O) groups excluding carboxylic acids is 1. The lowest BCUT2D eigenvalue weighted by Gasteiger charge is -2.31. The average molecular weight is 389 g/mol. The number of nitrogens with one attached hydrogen (secondary N) is 1. The third-order valence-electron chi connectivity index (χ3n) is 4.98. The van der Waals surface area contributed by atoms with Crippen LogP contribution in [0.2, 0.25) is 0 Å². The van der Waals surface area contributed by atoms with Gasteiger partial charge in [-0.2, -0.15) is 0 Å². The van der Waals surface area contributed by atoms with E-state index >= 15 is 0 Å². The molecule has 1 aliphatic heterocycles. The van der Waals surface area contributed by atoms with E-state index in [1.807, 2.05) is 30.2 Å². The second-order valence-corrected chi connectivity index (χ2v) is 7.30. The van der Waals surface area contributed by atoms with Crippen molar-refractivity contribution >= 4 is 17.4 Å². The van der Waals surface area contributed by atoms with Gasteiger partial charge in [0, 0.05) is 56.2 Å². The maximum absolute atomic E-state index is 11.9. The van der Waals surface area contributed by atoms with E-state index in [-0.39, 0.29) is 11.8 Å². The van der Waals surface area contributed by atoms with Gasteiger partial charge in [0.1, 0.15) is 18.0 Å². The van der Waals surface area contributed by atoms with Crippen molar-refractivity contribution in [2.45, 2.75) is 32.6 Å². The Hall–Kier alpha value is -3.42. The molecule has 8 nitrogen and oxygen atoms in total. The first-order chi connectivity index (χ1) is 14.1. The number of rotatable bonds is 4. The van der Waals surface area contributed by atoms with Crippen molar-refractivity contribution < 1.29 is 4.79 Å². The molecule has 0 spiro atoms. The van der Waals surface area contributed by atoms with Crippen LogP contribution in [0.1, 0.15) is 37.1 Å². The number of hydrogen-bond donors (Lipinski definition) is 1. The summed E-state index contributed by atoms with van der Waals surface area (Å²) in [5.74, 6) is 1.58. The van der Waals surface area contributed by atoms with Gasteiger partial charge in [-0.25, -0.2) is 19.9 Å². The molecule has 0 aromatic carbocycles. The Kier molecular flexibility index (Phi) is 5.41. The van der Waals surface area contributed by atoms with Crippen molar-refractivity contribution in [2.24, 2.45) is 0 Å². The van der Waals surface area contributed by atoms with E-state index in [4.69, 9.17) is 9.97 Å². The van der Waals surface area contributed by atoms with Crippen LogP contribution in [0, 0.1) is 6.92 Å². The van der Waals surface area contributed by atoms with Crippen molar-refractivity contribution in [3.8, 4) is 11.3 Å². The summed E-state index contributed by atoms with van der Waals surface area (Å²) < 4.78 is 0. The molecule has 0 radical (unpaired) electrons. The average Bonchev–Trinajstić information content (AvgIpc) is 2.74. The normalized spacial score (nSPS) is 16.5. The van der Waals surface area contributed by atoms with Gasteiger partial charge >= 0.3 is 0 Å². The predicted molar refractivity (Wildman–Crippen MR) is 110 cm³/mol. The summed E-state index contributed by atoms with van der Waals surface area (Å²) in [6.07, 6.45) is 10.4. The number of anilines is 2. The fourth-order valence-electron chi connectivity index (χ4n) is 3.54. The summed E-state index contributed by atoms with van der Waals surface area (Å²) in [5, 5.41) is 3.33. The lowest BCUT2D eigenvalue weighted by Crippen LogP contribution is -2.38. The van der Waals surface area contributed by atoms with Crippen LogP contribution in [0.5, 0.6) is 0 Å². The highest BCUT2D eigenvalue weighted by Gasteiger charge is 2.25. The number of likely N-dealkylation sites (tertiary alicyclic amines) is 1. The first-order valence-corrected chi connectivity index (χ1v) is 9.67. The highest BCUT2D eigenvalue weighted by Crippen LogP contribution is 2.29. The minimum absolute atomic E-state index is 0.0893. The molecule has 1 unspecified atom stereocenters. The van der Waals surface area contributed by atoms with Crippen LogP contribution in [0.4, 0.5) is 11.5 Å². The van der Waals surface area contributed by atoms with E-state index in [1.165, 1.54) is 6.33 Å². The van der Waals surface area contributed by atoms with Crippen LogP contribution in [-0.4, -0.2) is 48.8 Å². The van der Waals surface area contributed by atoms with Gasteiger partial charge < -0.3 is 10.2 Å². The minimum atomic E-state index is 0.0893. The van der Waals surface area contributed by atoms with Crippen molar-refractivity contribution in [1.82, 2.24) is 29.8 Å². The van der Waals surface area contributed by atoms with Crippen molar-refractivity contribution in [1.29, 1.82) is 0 Å². The van der Waals surface area contributed by atoms with Crippen LogP contribution >= 0.6 is 0 Å². The molecule has 8 heteroatoms. The maximum Gasteiger partial charge on any atom is 0.219 e. The number of aromatic nitrogens is 5. The number of nitrogens with zero attached hydrogens (tertiary/aromatic N) is 6. The Balaban J connectivity index is 1.71. The molecular weight excluding hydrogens is 366 g/mol. The van der Waals surface area contributed by atoms with E-state index < -0.39 is 0 Å². The molecule has 1 amide bonds. The van der Waals surface area contributed by atoms with Crippen LogP contribution in [-0.2, 0) is 4.79 Å². The molecule has 29 heavy (non-hydrogen) atoms. The SMILES string of the molecule is CC(=O)N1CCCC(c2nc(Nc3cncc(C)c3)cc(-c3cncnc3)n2)C1. The van der Waals surface area contributed by atoms with Crippen molar-refractivity contribution in [2.75, 3.05) is 18.4 Å². The number of hydrogen-bond acceptors (Lipinski definition) is 7. The summed E-state index contributed by atoms with van der Waals surface area (Å²) in [4.78, 5) is 35.7. The number of pyridine rings is 1. The number of aryl methyl sites for hydroxylation is 1. The number of piperidine rings is 1. The monoisotopic (exact) mass is 389 g/mol. The zero-order valence-corrected chi connectivity index (χ0v) is 16.5. The molecule has 4 rings (SSSR count). The molecule has 0 saturated carbocycles. The van der Waals surface area contributed by atoms with Gasteiger partial charge in [0.15, 0.2) is 0 Å². The molecule has 1 saturated heterocycles. The van der Waals surface area contributed by atoms with Gasteiger partial charge in [-0.3, -0.25) is 9.78 Å². The molecule has 1 atom stereocenters. The predicted octanol–water partition coefficient (Wildman–Crippen LogP) is 3.11. The second-order valence-electron chi connectivity index (χ2n) is 7.30. The summed E-state index contributed by atoms with van der Waals surface area (Å²) >= 11 is 0. The van der Waals surface area contributed by atoms with E-state index in [0.29, 0.717) is 12.4 Å². The molecule has 1 fully saturated rings. The highest BCUT2D eigenvalue weighted by atomic mass is 16.2. The van der Waals surface area contributed by atoms with Crippen molar-refractivity contribution in [3.05, 3.63) is 54.6 Å². The third-order valence-corrected chi connectivity index (χ3v) is 4.98. The Morgan fingerprint density at radius 2 is 1.93 bits per heavy atom. The largest absolute Gasteiger partial charge is 0.342 e. The molecule has 0 bridgehead atoms. The molecule has 1 aliphatic rings. The summed E-state index contributed by atoms with van der Waals surface area (Å²) in [6, 6.07) is 3.90. The summed E-state index contributed by atoms with van der Waals surface area (Å²) in [5.41, 5.74) is 3.49. The molecule has 3 aromatic rings. The van der Waals surface area contributed by atoms with Crippen LogP contribution in [0.25, 0.3) is 11.3 Å². The number of amides is 1. The second kappa shape index (κ2) is 8.30. The topological polar surface area (TPSA) is 96.8 Å². The van der Waals surface area contributed by atoms with E-state index in [0.717, 1.165) is 47.7 Å². The Bertz CT molecular complexity index is 1010. The quantitative estimate of drug-likeness (QED) is 0.732. The number of carbonyl (C=O) groups is 1. The molecule has 1 N–H and O–H groups in total. The maximum atomic E-state index is 11.9. The molecular formula is C21H23N7O. The zero-order valence-electron chi connectivity index (χ0n) is 16.5. The van der Waals surface area contributed by atoms with Gasteiger partial charge in [-0.05, 0) is 31.4 Å². The first-order valence-electron chi connectivity index (χ1n) is 9.67. The van der Waals surface area contributed by atoms with Crippen molar-refractivity contribution in [3.63, 3.8) is 0 Å². The van der Waals surface area contributed by atoms with Gasteiger partial charge in [-0.15, -0.1) is 0 Å². The van der Waals surface area contributed by atoms with E-state index in [9.17, 15) is 4.79 Å². The molecule has 148 valence electrons. The van der Waals surface area contributed by atoms with Gasteiger partial charge in [0.25, 0.3) is 0 Å². The fraction of sp³-hybridized carbons (Fsp3) is 0.333. The molecule has 0 aliphatic carbocycles. The Morgan fingerprint density at radius 3 is 2.69 bits per heavy atom. The zero-order chi connectivity index (χ0) is 20.2. The van der Waals surface area contributed by atoms with Gasteiger partial charge in [0.05, 0.1) is 17.6 Å². The first kappa shape index (κ1) is 18.9. The lowest BCUT2D eigenvalue weighted by molar-refractivity contribution is -0.130. The van der Waals surface area contributed by atoms with Crippen LogP contribution in [0.3, 0.4) is 0 Å². The third kappa shape index (κ3) is 4.53. The Morgan fingerprint density at radius 1 is 1.10 bits per heavy atom. The van der Waals surface area contributed by atoms with Crippen LogP contribution < -0.4 is 5.32 Å². The summed E-state index contributed by atoms with van der Waals surface area (Å²) in [6.45, 7) is 5.03. The van der Waals surface area contributed by atoms with E-state index in [1.54, 1.807) is 25.5 Å². The summed E-state index contributed by atoms with van der Waals surface area (Å²) in [7, 11) is 0. The smallest absolute Gasteiger partial charge is 0.219 e. The standard InChI is InChI=1S/C21H23N7O/c1-14-6-18(11-22-8-14)25-20-7-19(17-9-23-13-24-10-17)26-21(27-20)16-4-3-5-28(12-16)15(2)29/h6-11,13,16H,3-5,12H2,1-2H3,(H,25,26,27). The van der Waals surface area contributed by atoms with Gasteiger partial charge in [0.2, 0.25) is 5.91 Å². The minimum Gasteiger partial charge on any atom is -0.342 e. The molecule has 4 heterocycles. The Labute approximate surface area is 169 Å². The van der Waals surface area contributed by atoms with Gasteiger partial charge in [-0.1, -0.05) is 0 Å². The molecule has 3 aromatic heterocycles. The fourth-order valence-corrected chi connectivity index (χ4v) is 3.54. The van der Waals surface area contributed by atoms with Crippen LogP contribution in [0.15, 0.2) is 43.2 Å². The van der Waals surface area contributed by atoms with E-state index in [2.05, 4.69) is 20.3 Å². The lowest BCUT2D eigenvalue weighted by atomic mass is 9.97. The highest BCUT2D eigenvalue weighted by molar-refractivity contribution is 5.73.